The van der Waals surface area contributed by atoms with E-state index in [9.17, 15) is 8.42 Å². The van der Waals surface area contributed by atoms with Crippen LogP contribution in [-0.4, -0.2) is 24.5 Å². The fraction of sp³-hybridized carbons (Fsp3) is 0.600. The molecule has 1 fully saturated rings. The third-order valence-corrected chi connectivity index (χ3v) is 6.02. The van der Waals surface area contributed by atoms with Crippen LogP contribution in [0.2, 0.25) is 0 Å². The first kappa shape index (κ1) is 12.1. The maximum atomic E-state index is 12.1. The molecule has 0 aliphatic heterocycles. The van der Waals surface area contributed by atoms with Crippen molar-refractivity contribution in [2.45, 2.75) is 31.1 Å². The molecule has 0 N–H and O–H groups in total. The molecule has 90 valence electrons. The Kier molecular flexibility index (Phi) is 2.92. The van der Waals surface area contributed by atoms with Gasteiger partial charge < -0.3 is 4.42 Å². The number of hydrogen-bond donors (Lipinski definition) is 0. The molecule has 0 bridgehead atoms. The van der Waals surface area contributed by atoms with Crippen LogP contribution in [0.1, 0.15) is 25.5 Å². The number of furan rings is 1. The first-order valence-electron chi connectivity index (χ1n) is 5.05. The maximum absolute atomic E-state index is 12.1. The van der Waals surface area contributed by atoms with Crippen molar-refractivity contribution >= 4 is 26.0 Å². The lowest BCUT2D eigenvalue weighted by Crippen LogP contribution is -2.35. The van der Waals surface area contributed by atoms with E-state index in [2.05, 4.69) is 15.9 Å². The fourth-order valence-electron chi connectivity index (χ4n) is 1.55. The van der Waals surface area contributed by atoms with Gasteiger partial charge in [-0.2, -0.15) is 4.31 Å². The van der Waals surface area contributed by atoms with E-state index in [0.717, 1.165) is 12.8 Å². The van der Waals surface area contributed by atoms with Gasteiger partial charge in [0.15, 0.2) is 4.67 Å². The molecule has 1 aromatic heterocycles. The zero-order valence-electron chi connectivity index (χ0n) is 9.23. The van der Waals surface area contributed by atoms with Gasteiger partial charge in [0, 0.05) is 7.05 Å². The number of nitrogens with zero attached hydrogens (tertiary/aromatic N) is 1. The van der Waals surface area contributed by atoms with Crippen LogP contribution in [0.5, 0.6) is 0 Å². The van der Waals surface area contributed by atoms with E-state index in [4.69, 9.17) is 4.42 Å². The highest BCUT2D eigenvalue weighted by Gasteiger charge is 2.51. The summed E-state index contributed by atoms with van der Waals surface area (Å²) >= 11 is 3.19. The number of hydrogen-bond acceptors (Lipinski definition) is 3. The second-order valence-corrected chi connectivity index (χ2v) is 7.76. The van der Waals surface area contributed by atoms with Crippen molar-refractivity contribution in [3.63, 3.8) is 0 Å². The quantitative estimate of drug-likeness (QED) is 0.858. The van der Waals surface area contributed by atoms with E-state index in [1.165, 1.54) is 4.31 Å². The standard InChI is InChI=1S/C10H14BrNO3S/c1-10(5-6-10)16(13,14)12(2)7-8-3-4-9(11)15-8/h3-4H,5-7H2,1-2H3. The van der Waals surface area contributed by atoms with Crippen molar-refractivity contribution in [2.75, 3.05) is 7.05 Å². The second-order valence-electron chi connectivity index (χ2n) is 4.42. The van der Waals surface area contributed by atoms with Crippen molar-refractivity contribution in [2.24, 2.45) is 0 Å². The van der Waals surface area contributed by atoms with E-state index in [1.807, 2.05) is 0 Å². The van der Waals surface area contributed by atoms with Crippen molar-refractivity contribution in [1.29, 1.82) is 0 Å². The Morgan fingerprint density at radius 1 is 1.50 bits per heavy atom. The monoisotopic (exact) mass is 307 g/mol. The minimum absolute atomic E-state index is 0.281. The summed E-state index contributed by atoms with van der Waals surface area (Å²) in [7, 11) is -1.60. The zero-order valence-corrected chi connectivity index (χ0v) is 11.6. The van der Waals surface area contributed by atoms with Gasteiger partial charge in [-0.25, -0.2) is 8.42 Å². The van der Waals surface area contributed by atoms with Crippen LogP contribution in [0.25, 0.3) is 0 Å². The predicted octanol–water partition coefficient (Wildman–Crippen LogP) is 2.36. The Bertz CT molecular complexity index is 490. The third kappa shape index (κ3) is 2.06. The van der Waals surface area contributed by atoms with Gasteiger partial charge in [-0.3, -0.25) is 0 Å². The average molecular weight is 308 g/mol. The first-order chi connectivity index (χ1) is 7.35. The summed E-state index contributed by atoms with van der Waals surface area (Å²) < 4.78 is 30.9. The molecule has 0 unspecified atom stereocenters. The second kappa shape index (κ2) is 3.85. The molecule has 6 heteroatoms. The maximum Gasteiger partial charge on any atom is 0.219 e. The number of halogens is 1. The minimum Gasteiger partial charge on any atom is -0.453 e. The fourth-order valence-corrected chi connectivity index (χ4v) is 3.56. The van der Waals surface area contributed by atoms with E-state index >= 15 is 0 Å². The Morgan fingerprint density at radius 3 is 2.56 bits per heavy atom. The van der Waals surface area contributed by atoms with Crippen molar-refractivity contribution in [1.82, 2.24) is 4.31 Å². The van der Waals surface area contributed by atoms with Crippen LogP contribution < -0.4 is 0 Å². The van der Waals surface area contributed by atoms with Crippen LogP contribution in [0, 0.1) is 0 Å². The lowest BCUT2D eigenvalue weighted by molar-refractivity contribution is 0.394. The molecule has 1 heterocycles. The molecular formula is C10H14BrNO3S. The third-order valence-electron chi connectivity index (χ3n) is 2.99. The molecule has 4 nitrogen and oxygen atoms in total. The Morgan fingerprint density at radius 2 is 2.12 bits per heavy atom. The van der Waals surface area contributed by atoms with E-state index in [0.29, 0.717) is 10.4 Å². The molecule has 0 amide bonds. The van der Waals surface area contributed by atoms with Gasteiger partial charge in [0.1, 0.15) is 5.76 Å². The molecule has 1 aliphatic carbocycles. The van der Waals surface area contributed by atoms with Crippen LogP contribution in [0.15, 0.2) is 21.2 Å². The summed E-state index contributed by atoms with van der Waals surface area (Å²) in [5.41, 5.74) is 0. The van der Waals surface area contributed by atoms with E-state index in [1.54, 1.807) is 26.1 Å². The normalized spacial score (nSPS) is 19.0. The van der Waals surface area contributed by atoms with Gasteiger partial charge in [-0.05, 0) is 47.8 Å². The highest BCUT2D eigenvalue weighted by atomic mass is 79.9. The molecule has 0 spiro atoms. The Labute approximate surface area is 104 Å². The molecule has 0 radical (unpaired) electrons. The van der Waals surface area contributed by atoms with Crippen LogP contribution in [-0.2, 0) is 16.6 Å². The lowest BCUT2D eigenvalue weighted by atomic mass is 10.4. The van der Waals surface area contributed by atoms with Crippen molar-refractivity contribution < 1.29 is 12.8 Å². The number of sulfonamides is 1. The summed E-state index contributed by atoms with van der Waals surface area (Å²) in [4.78, 5) is 0. The highest BCUT2D eigenvalue weighted by Crippen LogP contribution is 2.44. The van der Waals surface area contributed by atoms with E-state index in [-0.39, 0.29) is 6.54 Å². The molecule has 0 aromatic carbocycles. The highest BCUT2D eigenvalue weighted by molar-refractivity contribution is 9.10. The Hall–Kier alpha value is -0.330. The molecule has 2 rings (SSSR count). The van der Waals surface area contributed by atoms with Gasteiger partial charge in [-0.1, -0.05) is 0 Å². The Balaban J connectivity index is 2.11. The molecule has 0 saturated heterocycles. The summed E-state index contributed by atoms with van der Waals surface area (Å²) in [6.07, 6.45) is 1.50. The summed E-state index contributed by atoms with van der Waals surface area (Å²) in [5.74, 6) is 0.641. The summed E-state index contributed by atoms with van der Waals surface area (Å²) in [5, 5.41) is 0. The summed E-state index contributed by atoms with van der Waals surface area (Å²) in [6, 6.07) is 3.53. The van der Waals surface area contributed by atoms with Crippen molar-refractivity contribution in [3.05, 3.63) is 22.6 Å². The van der Waals surface area contributed by atoms with Gasteiger partial charge in [0.25, 0.3) is 0 Å². The molecule has 1 aliphatic rings. The van der Waals surface area contributed by atoms with Gasteiger partial charge in [-0.15, -0.1) is 0 Å². The molecular weight excluding hydrogens is 294 g/mol. The lowest BCUT2D eigenvalue weighted by Gasteiger charge is -2.20. The summed E-state index contributed by atoms with van der Waals surface area (Å²) in [6.45, 7) is 2.07. The smallest absolute Gasteiger partial charge is 0.219 e. The topological polar surface area (TPSA) is 50.5 Å². The number of rotatable bonds is 4. The van der Waals surface area contributed by atoms with Gasteiger partial charge in [0.05, 0.1) is 11.3 Å². The molecule has 0 atom stereocenters. The van der Waals surface area contributed by atoms with Gasteiger partial charge in [0.2, 0.25) is 10.0 Å². The largest absolute Gasteiger partial charge is 0.453 e. The predicted molar refractivity (Wildman–Crippen MR) is 64.4 cm³/mol. The average Bonchev–Trinajstić information content (AvgIpc) is 2.82. The van der Waals surface area contributed by atoms with Crippen LogP contribution in [0.4, 0.5) is 0 Å². The van der Waals surface area contributed by atoms with Crippen molar-refractivity contribution in [3.8, 4) is 0 Å². The SMILES string of the molecule is CN(Cc1ccc(Br)o1)S(=O)(=O)C1(C)CC1. The van der Waals surface area contributed by atoms with Gasteiger partial charge >= 0.3 is 0 Å². The van der Waals surface area contributed by atoms with Crippen LogP contribution in [0.3, 0.4) is 0 Å². The zero-order chi connectivity index (χ0) is 12.0. The minimum atomic E-state index is -3.20. The van der Waals surface area contributed by atoms with E-state index < -0.39 is 14.8 Å². The molecule has 1 saturated carbocycles. The first-order valence-corrected chi connectivity index (χ1v) is 7.29. The molecule has 1 aromatic rings. The molecule has 16 heavy (non-hydrogen) atoms. The van der Waals surface area contributed by atoms with Crippen LogP contribution >= 0.6 is 15.9 Å².